The summed E-state index contributed by atoms with van der Waals surface area (Å²) < 4.78 is 0. The van der Waals surface area contributed by atoms with Gasteiger partial charge in [0.1, 0.15) is 0 Å². The van der Waals surface area contributed by atoms with Crippen molar-refractivity contribution in [3.63, 3.8) is 0 Å². The summed E-state index contributed by atoms with van der Waals surface area (Å²) in [5, 5.41) is 9.02. The van der Waals surface area contributed by atoms with Crippen molar-refractivity contribution in [2.75, 3.05) is 13.1 Å². The molecule has 0 saturated carbocycles. The van der Waals surface area contributed by atoms with E-state index in [1.54, 1.807) is 0 Å². The molecule has 0 aromatic heterocycles. The summed E-state index contributed by atoms with van der Waals surface area (Å²) in [6.07, 6.45) is 4.56. The number of nitrogens with zero attached hydrogens (tertiary/aromatic N) is 2. The van der Waals surface area contributed by atoms with E-state index in [0.29, 0.717) is 0 Å². The molecule has 1 heterocycles. The molecule has 0 radical (unpaired) electrons. The molecule has 0 aliphatic carbocycles. The van der Waals surface area contributed by atoms with Gasteiger partial charge < -0.3 is 4.90 Å². The molecule has 0 aromatic carbocycles. The van der Waals surface area contributed by atoms with E-state index in [1.807, 2.05) is 0 Å². The van der Waals surface area contributed by atoms with Gasteiger partial charge in [-0.05, 0) is 45.7 Å². The van der Waals surface area contributed by atoms with Gasteiger partial charge in [0.25, 0.3) is 0 Å². The lowest BCUT2D eigenvalue weighted by molar-refractivity contribution is 0.107. The summed E-state index contributed by atoms with van der Waals surface area (Å²) in [7, 11) is 0. The molecule has 0 N–H and O–H groups in total. The average Bonchev–Trinajstić information content (AvgIpc) is 2.23. The van der Waals surface area contributed by atoms with Crippen LogP contribution in [0.25, 0.3) is 0 Å². The number of hydrogen-bond acceptors (Lipinski definition) is 2. The van der Waals surface area contributed by atoms with Crippen molar-refractivity contribution in [2.45, 2.75) is 52.5 Å². The first-order chi connectivity index (χ1) is 6.65. The van der Waals surface area contributed by atoms with Crippen molar-refractivity contribution >= 4 is 0 Å². The van der Waals surface area contributed by atoms with E-state index in [2.05, 4.69) is 31.7 Å². The van der Waals surface area contributed by atoms with Gasteiger partial charge in [-0.1, -0.05) is 13.8 Å². The number of rotatable bonds is 3. The molecule has 2 nitrogen and oxygen atoms in total. The van der Waals surface area contributed by atoms with Crippen molar-refractivity contribution < 1.29 is 0 Å². The van der Waals surface area contributed by atoms with E-state index in [4.69, 9.17) is 5.26 Å². The van der Waals surface area contributed by atoms with Crippen LogP contribution >= 0.6 is 0 Å². The maximum Gasteiger partial charge on any atom is 0.0687 e. The van der Waals surface area contributed by atoms with E-state index in [1.165, 1.54) is 12.8 Å². The Kier molecular flexibility index (Phi) is 3.95. The van der Waals surface area contributed by atoms with Crippen LogP contribution in [-0.2, 0) is 0 Å². The summed E-state index contributed by atoms with van der Waals surface area (Å²) in [5.41, 5.74) is -0.0530. The van der Waals surface area contributed by atoms with Gasteiger partial charge in [-0.25, -0.2) is 0 Å². The van der Waals surface area contributed by atoms with Crippen LogP contribution in [0.1, 0.15) is 46.5 Å². The highest BCUT2D eigenvalue weighted by molar-refractivity contribution is 4.99. The fraction of sp³-hybridized carbons (Fsp3) is 0.917. The quantitative estimate of drug-likeness (QED) is 0.690. The average molecular weight is 194 g/mol. The molecule has 1 saturated heterocycles. The monoisotopic (exact) mass is 194 g/mol. The van der Waals surface area contributed by atoms with Gasteiger partial charge in [0.15, 0.2) is 0 Å². The van der Waals surface area contributed by atoms with Crippen LogP contribution in [-0.4, -0.2) is 24.0 Å². The molecule has 1 aliphatic rings. The molecule has 1 fully saturated rings. The smallest absolute Gasteiger partial charge is 0.0687 e. The molecule has 1 aliphatic heterocycles. The molecule has 0 atom stereocenters. The molecule has 80 valence electrons. The molecule has 0 spiro atoms. The fourth-order valence-electron chi connectivity index (χ4n) is 2.30. The Morgan fingerprint density at radius 3 is 2.14 bits per heavy atom. The minimum atomic E-state index is -0.0530. The molecule has 14 heavy (non-hydrogen) atoms. The Labute approximate surface area is 87.9 Å². The van der Waals surface area contributed by atoms with Gasteiger partial charge in [-0.3, -0.25) is 0 Å². The van der Waals surface area contributed by atoms with Crippen molar-refractivity contribution in [3.8, 4) is 6.07 Å². The molecule has 0 aromatic rings. The molecular formula is C12H22N2. The summed E-state index contributed by atoms with van der Waals surface area (Å²) >= 11 is 0. The van der Waals surface area contributed by atoms with Crippen LogP contribution in [0.15, 0.2) is 0 Å². The minimum Gasteiger partial charge on any atom is -0.300 e. The second-order valence-corrected chi connectivity index (χ2v) is 4.68. The zero-order valence-corrected chi connectivity index (χ0v) is 9.71. The van der Waals surface area contributed by atoms with Gasteiger partial charge >= 0.3 is 0 Å². The minimum absolute atomic E-state index is 0.0530. The standard InChI is InChI=1S/C12H22N2/c1-4-11(5-2)14-8-6-12(3,10-13)7-9-14/h11H,4-9H2,1-3H3. The second-order valence-electron chi connectivity index (χ2n) is 4.68. The van der Waals surface area contributed by atoms with Crippen LogP contribution in [0, 0.1) is 16.7 Å². The zero-order chi connectivity index (χ0) is 10.6. The SMILES string of the molecule is CCC(CC)N1CCC(C)(C#N)CC1. The topological polar surface area (TPSA) is 27.0 Å². The highest BCUT2D eigenvalue weighted by Crippen LogP contribution is 2.31. The summed E-state index contributed by atoms with van der Waals surface area (Å²) in [6.45, 7) is 8.82. The van der Waals surface area contributed by atoms with Gasteiger partial charge in [-0.2, -0.15) is 5.26 Å². The normalized spacial score (nSPS) is 22.2. The largest absolute Gasteiger partial charge is 0.300 e. The Balaban J connectivity index is 2.47. The first-order valence-corrected chi connectivity index (χ1v) is 5.80. The van der Waals surface area contributed by atoms with E-state index >= 15 is 0 Å². The maximum atomic E-state index is 9.02. The highest BCUT2D eigenvalue weighted by atomic mass is 15.2. The lowest BCUT2D eigenvalue weighted by atomic mass is 9.81. The van der Waals surface area contributed by atoms with E-state index in [9.17, 15) is 0 Å². The zero-order valence-electron chi connectivity index (χ0n) is 9.71. The second kappa shape index (κ2) is 4.79. The van der Waals surface area contributed by atoms with Crippen molar-refractivity contribution in [3.05, 3.63) is 0 Å². The third-order valence-corrected chi connectivity index (χ3v) is 3.63. The van der Waals surface area contributed by atoms with Gasteiger partial charge in [-0.15, -0.1) is 0 Å². The molecule has 2 heteroatoms. The van der Waals surface area contributed by atoms with Crippen LogP contribution < -0.4 is 0 Å². The first kappa shape index (κ1) is 11.5. The van der Waals surface area contributed by atoms with E-state index < -0.39 is 0 Å². The molecule has 1 rings (SSSR count). The van der Waals surface area contributed by atoms with Gasteiger partial charge in [0.2, 0.25) is 0 Å². The third kappa shape index (κ3) is 2.48. The summed E-state index contributed by atoms with van der Waals surface area (Å²) in [4.78, 5) is 2.55. The summed E-state index contributed by atoms with van der Waals surface area (Å²) in [6, 6.07) is 3.18. The number of nitriles is 1. The molecule has 0 amide bonds. The lowest BCUT2D eigenvalue weighted by Crippen LogP contribution is -2.43. The Bertz CT molecular complexity index is 205. The Morgan fingerprint density at radius 1 is 1.29 bits per heavy atom. The van der Waals surface area contributed by atoms with Crippen molar-refractivity contribution in [1.82, 2.24) is 4.90 Å². The fourth-order valence-corrected chi connectivity index (χ4v) is 2.30. The number of piperidine rings is 1. The van der Waals surface area contributed by atoms with E-state index in [0.717, 1.165) is 32.0 Å². The third-order valence-electron chi connectivity index (χ3n) is 3.63. The van der Waals surface area contributed by atoms with Crippen LogP contribution in [0.2, 0.25) is 0 Å². The van der Waals surface area contributed by atoms with Crippen LogP contribution in [0.4, 0.5) is 0 Å². The van der Waals surface area contributed by atoms with Crippen LogP contribution in [0.5, 0.6) is 0 Å². The first-order valence-electron chi connectivity index (χ1n) is 5.80. The van der Waals surface area contributed by atoms with E-state index in [-0.39, 0.29) is 5.41 Å². The maximum absolute atomic E-state index is 9.02. The van der Waals surface area contributed by atoms with Gasteiger partial charge in [0.05, 0.1) is 11.5 Å². The highest BCUT2D eigenvalue weighted by Gasteiger charge is 2.31. The summed E-state index contributed by atoms with van der Waals surface area (Å²) in [5.74, 6) is 0. The van der Waals surface area contributed by atoms with Crippen LogP contribution in [0.3, 0.4) is 0 Å². The molecule has 0 unspecified atom stereocenters. The lowest BCUT2D eigenvalue weighted by Gasteiger charge is -2.39. The predicted molar refractivity (Wildman–Crippen MR) is 58.9 cm³/mol. The van der Waals surface area contributed by atoms with Crippen molar-refractivity contribution in [2.24, 2.45) is 5.41 Å². The van der Waals surface area contributed by atoms with Gasteiger partial charge in [0, 0.05) is 6.04 Å². The van der Waals surface area contributed by atoms with Crippen molar-refractivity contribution in [1.29, 1.82) is 5.26 Å². The predicted octanol–water partition coefficient (Wildman–Crippen LogP) is 2.80. The number of likely N-dealkylation sites (tertiary alicyclic amines) is 1. The number of hydrogen-bond donors (Lipinski definition) is 0. The Hall–Kier alpha value is -0.550. The molecular weight excluding hydrogens is 172 g/mol. The molecule has 0 bridgehead atoms. The Morgan fingerprint density at radius 2 is 1.79 bits per heavy atom.